The number of hydrogen-bond donors (Lipinski definition) is 1. The SMILES string of the molecule is C=C.O=C(O)C1Cc2ccccc2C1. The molecule has 2 nitrogen and oxygen atoms in total. The van der Waals surface area contributed by atoms with Gasteiger partial charge in [-0.3, -0.25) is 4.79 Å². The van der Waals surface area contributed by atoms with Gasteiger partial charge in [-0.1, -0.05) is 24.3 Å². The highest BCUT2D eigenvalue weighted by Crippen LogP contribution is 2.26. The summed E-state index contributed by atoms with van der Waals surface area (Å²) < 4.78 is 0. The summed E-state index contributed by atoms with van der Waals surface area (Å²) >= 11 is 0. The monoisotopic (exact) mass is 190 g/mol. The summed E-state index contributed by atoms with van der Waals surface area (Å²) in [6, 6.07) is 7.95. The molecule has 0 spiro atoms. The Kier molecular flexibility index (Phi) is 3.46. The van der Waals surface area contributed by atoms with Crippen molar-refractivity contribution in [2.75, 3.05) is 0 Å². The van der Waals surface area contributed by atoms with Crippen molar-refractivity contribution in [3.8, 4) is 0 Å². The normalized spacial score (nSPS) is 14.0. The van der Waals surface area contributed by atoms with Crippen molar-refractivity contribution in [3.63, 3.8) is 0 Å². The van der Waals surface area contributed by atoms with E-state index in [0.717, 1.165) is 0 Å². The van der Waals surface area contributed by atoms with Crippen LogP contribution in [-0.4, -0.2) is 11.1 Å². The molecule has 1 aliphatic carbocycles. The average Bonchev–Trinajstić information content (AvgIpc) is 2.64. The van der Waals surface area contributed by atoms with Crippen molar-refractivity contribution in [1.29, 1.82) is 0 Å². The highest BCUT2D eigenvalue weighted by molar-refractivity contribution is 5.72. The van der Waals surface area contributed by atoms with Gasteiger partial charge in [0.25, 0.3) is 0 Å². The van der Waals surface area contributed by atoms with Crippen LogP contribution in [-0.2, 0) is 17.6 Å². The molecule has 1 aromatic carbocycles. The smallest absolute Gasteiger partial charge is 0.307 e. The number of fused-ring (bicyclic) bond motifs is 1. The van der Waals surface area contributed by atoms with Crippen molar-refractivity contribution in [3.05, 3.63) is 48.6 Å². The molecule has 0 bridgehead atoms. The van der Waals surface area contributed by atoms with Gasteiger partial charge in [-0.05, 0) is 24.0 Å². The average molecular weight is 190 g/mol. The minimum Gasteiger partial charge on any atom is -0.481 e. The Balaban J connectivity index is 0.000000461. The largest absolute Gasteiger partial charge is 0.481 e. The molecule has 74 valence electrons. The third-order valence-corrected chi connectivity index (χ3v) is 2.40. The van der Waals surface area contributed by atoms with E-state index < -0.39 is 5.97 Å². The van der Waals surface area contributed by atoms with E-state index in [9.17, 15) is 4.79 Å². The fraction of sp³-hybridized carbons (Fsp3) is 0.250. The molecule has 0 amide bonds. The third-order valence-electron chi connectivity index (χ3n) is 2.40. The summed E-state index contributed by atoms with van der Waals surface area (Å²) in [5.74, 6) is -0.867. The number of rotatable bonds is 1. The van der Waals surface area contributed by atoms with Gasteiger partial charge in [0.2, 0.25) is 0 Å². The van der Waals surface area contributed by atoms with E-state index in [1.165, 1.54) is 11.1 Å². The van der Waals surface area contributed by atoms with E-state index in [0.29, 0.717) is 12.8 Å². The van der Waals surface area contributed by atoms with E-state index >= 15 is 0 Å². The van der Waals surface area contributed by atoms with Gasteiger partial charge < -0.3 is 5.11 Å². The Bertz CT molecular complexity index is 306. The Morgan fingerprint density at radius 2 is 1.64 bits per heavy atom. The quantitative estimate of drug-likeness (QED) is 0.690. The predicted molar refractivity (Wildman–Crippen MR) is 56.2 cm³/mol. The molecule has 0 saturated carbocycles. The van der Waals surface area contributed by atoms with Gasteiger partial charge >= 0.3 is 5.97 Å². The summed E-state index contributed by atoms with van der Waals surface area (Å²) in [4.78, 5) is 10.7. The molecule has 1 aliphatic rings. The fourth-order valence-corrected chi connectivity index (χ4v) is 1.73. The highest BCUT2D eigenvalue weighted by Gasteiger charge is 2.26. The van der Waals surface area contributed by atoms with E-state index in [-0.39, 0.29) is 5.92 Å². The van der Waals surface area contributed by atoms with Gasteiger partial charge in [-0.15, -0.1) is 13.2 Å². The van der Waals surface area contributed by atoms with E-state index in [1.54, 1.807) is 0 Å². The molecule has 2 rings (SSSR count). The zero-order valence-electron chi connectivity index (χ0n) is 8.07. The molecule has 0 fully saturated rings. The lowest BCUT2D eigenvalue weighted by Crippen LogP contribution is -2.12. The first-order valence-corrected chi connectivity index (χ1v) is 4.57. The van der Waals surface area contributed by atoms with Crippen LogP contribution in [0.2, 0.25) is 0 Å². The maximum atomic E-state index is 10.7. The van der Waals surface area contributed by atoms with E-state index in [2.05, 4.69) is 13.2 Å². The lowest BCUT2D eigenvalue weighted by molar-refractivity contribution is -0.141. The van der Waals surface area contributed by atoms with Gasteiger partial charge in [0.15, 0.2) is 0 Å². The molecule has 0 unspecified atom stereocenters. The number of aliphatic carboxylic acids is 1. The lowest BCUT2D eigenvalue weighted by Gasteiger charge is -1.98. The summed E-state index contributed by atoms with van der Waals surface area (Å²) in [6.07, 6.45) is 1.40. The molecule has 1 aromatic rings. The zero-order chi connectivity index (χ0) is 10.6. The number of carboxylic acids is 1. The minimum absolute atomic E-state index is 0.192. The summed E-state index contributed by atoms with van der Waals surface area (Å²) in [5, 5.41) is 8.79. The minimum atomic E-state index is -0.675. The van der Waals surface area contributed by atoms with Crippen LogP contribution in [0.5, 0.6) is 0 Å². The summed E-state index contributed by atoms with van der Waals surface area (Å²) in [6.45, 7) is 6.00. The molecule has 0 saturated heterocycles. The molecular weight excluding hydrogens is 176 g/mol. The highest BCUT2D eigenvalue weighted by atomic mass is 16.4. The Hall–Kier alpha value is -1.57. The van der Waals surface area contributed by atoms with Crippen LogP contribution in [0.15, 0.2) is 37.4 Å². The molecule has 0 aliphatic heterocycles. The second-order valence-electron chi connectivity index (χ2n) is 3.21. The first-order chi connectivity index (χ1) is 6.77. The van der Waals surface area contributed by atoms with Crippen molar-refractivity contribution in [1.82, 2.24) is 0 Å². The first kappa shape index (κ1) is 10.5. The first-order valence-electron chi connectivity index (χ1n) is 4.57. The van der Waals surface area contributed by atoms with Crippen molar-refractivity contribution in [2.24, 2.45) is 5.92 Å². The molecule has 14 heavy (non-hydrogen) atoms. The summed E-state index contributed by atoms with van der Waals surface area (Å²) in [7, 11) is 0. The molecule has 1 N–H and O–H groups in total. The number of carboxylic acid groups (broad SMARTS) is 1. The molecule has 0 atom stereocenters. The lowest BCUT2D eigenvalue weighted by atomic mass is 10.1. The molecule has 0 aromatic heterocycles. The van der Waals surface area contributed by atoms with E-state index in [4.69, 9.17) is 5.11 Å². The van der Waals surface area contributed by atoms with Crippen LogP contribution in [0.4, 0.5) is 0 Å². The Labute approximate surface area is 83.9 Å². The second-order valence-corrected chi connectivity index (χ2v) is 3.21. The van der Waals surface area contributed by atoms with Crippen molar-refractivity contribution in [2.45, 2.75) is 12.8 Å². The molecule has 0 radical (unpaired) electrons. The van der Waals surface area contributed by atoms with Gasteiger partial charge in [-0.25, -0.2) is 0 Å². The van der Waals surface area contributed by atoms with Crippen molar-refractivity contribution >= 4 is 5.97 Å². The van der Waals surface area contributed by atoms with Crippen LogP contribution < -0.4 is 0 Å². The van der Waals surface area contributed by atoms with Crippen LogP contribution in [0, 0.1) is 5.92 Å². The van der Waals surface area contributed by atoms with Gasteiger partial charge in [0, 0.05) is 0 Å². The molecule has 0 heterocycles. The summed E-state index contributed by atoms with van der Waals surface area (Å²) in [5.41, 5.74) is 2.40. The Morgan fingerprint density at radius 3 is 2.00 bits per heavy atom. The number of benzene rings is 1. The second kappa shape index (κ2) is 4.61. The Morgan fingerprint density at radius 1 is 1.21 bits per heavy atom. The fourth-order valence-electron chi connectivity index (χ4n) is 1.73. The molecule has 2 heteroatoms. The standard InChI is InChI=1S/C10H10O2.C2H4/c11-10(12)9-5-7-3-1-2-4-8(7)6-9;1-2/h1-4,9H,5-6H2,(H,11,12);1-2H2. The van der Waals surface area contributed by atoms with Crippen molar-refractivity contribution < 1.29 is 9.90 Å². The van der Waals surface area contributed by atoms with Gasteiger partial charge in [0.1, 0.15) is 0 Å². The van der Waals surface area contributed by atoms with Crippen LogP contribution in [0.3, 0.4) is 0 Å². The van der Waals surface area contributed by atoms with Gasteiger partial charge in [0.05, 0.1) is 5.92 Å². The maximum absolute atomic E-state index is 10.7. The van der Waals surface area contributed by atoms with Crippen LogP contribution in [0.25, 0.3) is 0 Å². The predicted octanol–water partition coefficient (Wildman–Crippen LogP) is 2.29. The zero-order valence-corrected chi connectivity index (χ0v) is 8.07. The van der Waals surface area contributed by atoms with Gasteiger partial charge in [-0.2, -0.15) is 0 Å². The van der Waals surface area contributed by atoms with Crippen LogP contribution in [0.1, 0.15) is 11.1 Å². The maximum Gasteiger partial charge on any atom is 0.307 e. The van der Waals surface area contributed by atoms with Crippen LogP contribution >= 0.6 is 0 Å². The topological polar surface area (TPSA) is 37.3 Å². The third kappa shape index (κ3) is 2.02. The number of carbonyl (C=O) groups is 1. The van der Waals surface area contributed by atoms with E-state index in [1.807, 2.05) is 24.3 Å². The number of hydrogen-bond acceptors (Lipinski definition) is 1. The molecular formula is C12H14O2.